The summed E-state index contributed by atoms with van der Waals surface area (Å²) >= 11 is 0. The molecule has 0 bridgehead atoms. The molecule has 0 spiro atoms. The van der Waals surface area contributed by atoms with E-state index in [-0.39, 0.29) is 6.04 Å². The summed E-state index contributed by atoms with van der Waals surface area (Å²) in [6, 6.07) is 0.288. The lowest BCUT2D eigenvalue weighted by molar-refractivity contribution is 0.222. The number of rotatable bonds is 3. The normalized spacial score (nSPS) is 31.5. The zero-order valence-corrected chi connectivity index (χ0v) is 10.3. The monoisotopic (exact) mass is 231 g/mol. The molecule has 0 aromatic rings. The molecule has 0 amide bonds. The molecule has 0 aromatic heterocycles. The molecule has 0 radical (unpaired) electrons. The lowest BCUT2D eigenvalue weighted by atomic mass is 10.1. The molecule has 0 N–H and O–H groups in total. The van der Waals surface area contributed by atoms with Crippen molar-refractivity contribution in [3.63, 3.8) is 0 Å². The van der Waals surface area contributed by atoms with Gasteiger partial charge in [0.1, 0.15) is 0 Å². The molecule has 0 aromatic carbocycles. The van der Waals surface area contributed by atoms with E-state index in [0.717, 1.165) is 18.9 Å². The van der Waals surface area contributed by atoms with Gasteiger partial charge in [0.2, 0.25) is 0 Å². The Morgan fingerprint density at radius 1 is 1.20 bits per heavy atom. The predicted octanol–water partition coefficient (Wildman–Crippen LogP) is 1.30. The minimum absolute atomic E-state index is 0.288. The summed E-state index contributed by atoms with van der Waals surface area (Å²) in [4.78, 5) is 2.28. The van der Waals surface area contributed by atoms with Crippen LogP contribution in [0.1, 0.15) is 32.1 Å². The third kappa shape index (κ3) is 2.94. The molecule has 1 unspecified atom stereocenters. The van der Waals surface area contributed by atoms with Gasteiger partial charge in [-0.1, -0.05) is 12.8 Å². The van der Waals surface area contributed by atoms with Crippen molar-refractivity contribution < 1.29 is 8.42 Å². The maximum absolute atomic E-state index is 11.4. The van der Waals surface area contributed by atoms with Crippen molar-refractivity contribution >= 4 is 9.84 Å². The van der Waals surface area contributed by atoms with Crippen LogP contribution >= 0.6 is 0 Å². The molecule has 1 aliphatic carbocycles. The zero-order valence-electron chi connectivity index (χ0n) is 9.48. The van der Waals surface area contributed by atoms with E-state index in [1.165, 1.54) is 25.7 Å². The largest absolute Gasteiger partial charge is 0.302 e. The first-order chi connectivity index (χ1) is 7.07. The number of sulfone groups is 1. The topological polar surface area (TPSA) is 37.4 Å². The molecule has 1 atom stereocenters. The first-order valence-electron chi connectivity index (χ1n) is 5.97. The van der Waals surface area contributed by atoms with E-state index >= 15 is 0 Å². The SMILES string of the molecule is CN(CC1CCCC1)C1CCS(=O)(=O)C1. The minimum atomic E-state index is -2.72. The summed E-state index contributed by atoms with van der Waals surface area (Å²) in [5.41, 5.74) is 0. The van der Waals surface area contributed by atoms with Crippen LogP contribution in [0.25, 0.3) is 0 Å². The van der Waals surface area contributed by atoms with Crippen molar-refractivity contribution in [2.24, 2.45) is 5.92 Å². The molecule has 88 valence electrons. The fraction of sp³-hybridized carbons (Fsp3) is 1.00. The van der Waals surface area contributed by atoms with Gasteiger partial charge in [0.05, 0.1) is 11.5 Å². The lowest BCUT2D eigenvalue weighted by Gasteiger charge is -2.26. The van der Waals surface area contributed by atoms with Gasteiger partial charge in [-0.05, 0) is 32.2 Å². The molecule has 4 heteroatoms. The van der Waals surface area contributed by atoms with Crippen molar-refractivity contribution in [2.75, 3.05) is 25.1 Å². The van der Waals surface area contributed by atoms with E-state index in [1.54, 1.807) is 0 Å². The summed E-state index contributed by atoms with van der Waals surface area (Å²) in [5.74, 6) is 1.60. The molecule has 2 fully saturated rings. The summed E-state index contributed by atoms with van der Waals surface area (Å²) in [6.45, 7) is 1.10. The molecule has 1 saturated heterocycles. The van der Waals surface area contributed by atoms with E-state index in [4.69, 9.17) is 0 Å². The van der Waals surface area contributed by atoms with Gasteiger partial charge >= 0.3 is 0 Å². The Kier molecular flexibility index (Phi) is 3.36. The van der Waals surface area contributed by atoms with Crippen LogP contribution in [0.3, 0.4) is 0 Å². The van der Waals surface area contributed by atoms with Crippen molar-refractivity contribution in [1.82, 2.24) is 4.90 Å². The zero-order chi connectivity index (χ0) is 10.9. The van der Waals surface area contributed by atoms with Crippen LogP contribution in [-0.2, 0) is 9.84 Å². The lowest BCUT2D eigenvalue weighted by Crippen LogP contribution is -2.35. The average Bonchev–Trinajstić information content (AvgIpc) is 2.74. The van der Waals surface area contributed by atoms with Crippen LogP contribution in [0.5, 0.6) is 0 Å². The second-order valence-electron chi connectivity index (χ2n) is 5.15. The van der Waals surface area contributed by atoms with E-state index in [0.29, 0.717) is 11.5 Å². The predicted molar refractivity (Wildman–Crippen MR) is 61.6 cm³/mol. The van der Waals surface area contributed by atoms with E-state index < -0.39 is 9.84 Å². The highest BCUT2D eigenvalue weighted by Crippen LogP contribution is 2.27. The maximum Gasteiger partial charge on any atom is 0.151 e. The van der Waals surface area contributed by atoms with Crippen molar-refractivity contribution in [3.8, 4) is 0 Å². The fourth-order valence-electron chi connectivity index (χ4n) is 2.87. The van der Waals surface area contributed by atoms with Crippen LogP contribution in [0.15, 0.2) is 0 Å². The van der Waals surface area contributed by atoms with E-state index in [1.807, 2.05) is 0 Å². The van der Waals surface area contributed by atoms with Crippen LogP contribution in [0, 0.1) is 5.92 Å². The molecular weight excluding hydrogens is 210 g/mol. The summed E-state index contributed by atoms with van der Waals surface area (Å²) < 4.78 is 22.7. The summed E-state index contributed by atoms with van der Waals surface area (Å²) in [7, 11) is -0.629. The van der Waals surface area contributed by atoms with E-state index in [2.05, 4.69) is 11.9 Å². The van der Waals surface area contributed by atoms with Gasteiger partial charge in [0.25, 0.3) is 0 Å². The van der Waals surface area contributed by atoms with Gasteiger partial charge < -0.3 is 4.90 Å². The van der Waals surface area contributed by atoms with Crippen LogP contribution in [0.2, 0.25) is 0 Å². The Morgan fingerprint density at radius 3 is 2.40 bits per heavy atom. The van der Waals surface area contributed by atoms with Gasteiger partial charge in [0, 0.05) is 12.6 Å². The van der Waals surface area contributed by atoms with E-state index in [9.17, 15) is 8.42 Å². The highest BCUT2D eigenvalue weighted by Gasteiger charge is 2.31. The first-order valence-corrected chi connectivity index (χ1v) is 7.79. The Bertz CT molecular complexity index is 307. The molecular formula is C11H21NO2S. The number of nitrogens with zero attached hydrogens (tertiary/aromatic N) is 1. The number of hydrogen-bond donors (Lipinski definition) is 0. The quantitative estimate of drug-likeness (QED) is 0.734. The Morgan fingerprint density at radius 2 is 1.87 bits per heavy atom. The van der Waals surface area contributed by atoms with Crippen molar-refractivity contribution in [1.29, 1.82) is 0 Å². The Hall–Kier alpha value is -0.0900. The summed E-state index contributed by atoms with van der Waals surface area (Å²) in [5, 5.41) is 0. The Labute approximate surface area is 92.8 Å². The van der Waals surface area contributed by atoms with Gasteiger partial charge in [0.15, 0.2) is 9.84 Å². The highest BCUT2D eigenvalue weighted by molar-refractivity contribution is 7.91. The van der Waals surface area contributed by atoms with Crippen LogP contribution < -0.4 is 0 Å². The third-order valence-electron chi connectivity index (χ3n) is 3.85. The molecule has 15 heavy (non-hydrogen) atoms. The van der Waals surface area contributed by atoms with Crippen LogP contribution in [0.4, 0.5) is 0 Å². The number of hydrogen-bond acceptors (Lipinski definition) is 3. The average molecular weight is 231 g/mol. The highest BCUT2D eigenvalue weighted by atomic mass is 32.2. The van der Waals surface area contributed by atoms with Crippen LogP contribution in [-0.4, -0.2) is 44.5 Å². The smallest absolute Gasteiger partial charge is 0.151 e. The second kappa shape index (κ2) is 4.42. The molecule has 1 aliphatic heterocycles. The second-order valence-corrected chi connectivity index (χ2v) is 7.38. The molecule has 1 saturated carbocycles. The van der Waals surface area contributed by atoms with Crippen molar-refractivity contribution in [3.05, 3.63) is 0 Å². The first kappa shape index (κ1) is 11.4. The molecule has 3 nitrogen and oxygen atoms in total. The van der Waals surface area contributed by atoms with Gasteiger partial charge in [-0.15, -0.1) is 0 Å². The Balaban J connectivity index is 1.83. The van der Waals surface area contributed by atoms with Gasteiger partial charge in [-0.3, -0.25) is 0 Å². The standard InChI is InChI=1S/C11H21NO2S/c1-12(8-10-4-2-3-5-10)11-6-7-15(13,14)9-11/h10-11H,2-9H2,1H3. The van der Waals surface area contributed by atoms with Crippen molar-refractivity contribution in [2.45, 2.75) is 38.1 Å². The minimum Gasteiger partial charge on any atom is -0.302 e. The molecule has 2 rings (SSSR count). The fourth-order valence-corrected chi connectivity index (χ4v) is 4.68. The van der Waals surface area contributed by atoms with Gasteiger partial charge in [-0.2, -0.15) is 0 Å². The molecule has 1 heterocycles. The summed E-state index contributed by atoms with van der Waals surface area (Å²) in [6.07, 6.45) is 6.24. The third-order valence-corrected chi connectivity index (χ3v) is 5.60. The maximum atomic E-state index is 11.4. The molecule has 2 aliphatic rings. The van der Waals surface area contributed by atoms with Gasteiger partial charge in [-0.25, -0.2) is 8.42 Å².